The van der Waals surface area contributed by atoms with Crippen LogP contribution in [-0.4, -0.2) is 66.0 Å². The number of carbonyl (C=O) groups excluding carboxylic acids is 2. The van der Waals surface area contributed by atoms with E-state index in [-0.39, 0.29) is 11.8 Å². The van der Waals surface area contributed by atoms with Crippen molar-refractivity contribution in [1.82, 2.24) is 20.3 Å². The number of hydrogen-bond donors (Lipinski definition) is 1. The molecule has 0 atom stereocenters. The van der Waals surface area contributed by atoms with E-state index in [0.29, 0.717) is 52.8 Å². The molecule has 0 radical (unpaired) electrons. The Labute approximate surface area is 189 Å². The average Bonchev–Trinajstić information content (AvgIpc) is 3.44. The zero-order valence-corrected chi connectivity index (χ0v) is 18.7. The first-order valence-electron chi connectivity index (χ1n) is 10.1. The maximum Gasteiger partial charge on any atom is 0.259 e. The number of carbonyl (C=O) groups is 2. The number of hydrogen-bond acceptors (Lipinski definition) is 6. The van der Waals surface area contributed by atoms with Gasteiger partial charge in [-0.15, -0.1) is 0 Å². The quantitative estimate of drug-likeness (QED) is 0.611. The summed E-state index contributed by atoms with van der Waals surface area (Å²) in [6.07, 6.45) is 0. The van der Waals surface area contributed by atoms with Crippen molar-refractivity contribution >= 4 is 34.8 Å². The van der Waals surface area contributed by atoms with Crippen LogP contribution in [0.4, 0.5) is 0 Å². The van der Waals surface area contributed by atoms with Gasteiger partial charge >= 0.3 is 0 Å². The van der Waals surface area contributed by atoms with E-state index in [1.165, 1.54) is 11.3 Å². The minimum atomic E-state index is -0.0981. The molecule has 1 aromatic carbocycles. The first kappa shape index (κ1) is 21.5. The Kier molecular flexibility index (Phi) is 6.70. The molecule has 7 nitrogen and oxygen atoms in total. The molecule has 3 aromatic rings. The summed E-state index contributed by atoms with van der Waals surface area (Å²) >= 11 is 7.82. The maximum absolute atomic E-state index is 13.2. The van der Waals surface area contributed by atoms with Gasteiger partial charge in [-0.05, 0) is 24.4 Å². The molecule has 2 aromatic heterocycles. The van der Waals surface area contributed by atoms with Crippen molar-refractivity contribution < 1.29 is 14.1 Å². The van der Waals surface area contributed by atoms with Crippen molar-refractivity contribution in [2.75, 3.05) is 39.3 Å². The van der Waals surface area contributed by atoms with Gasteiger partial charge in [0.1, 0.15) is 17.0 Å². The molecule has 0 bridgehead atoms. The number of benzene rings is 1. The first-order chi connectivity index (χ1) is 15.0. The molecule has 0 saturated carbocycles. The standard InChI is InChI=1S/C22H23ClN4O3S/c1-15-19(20(25-30-15)17-4-2-3-5-18(17)23)22(29)27-11-9-26(10-12-27)8-7-24-21(28)16-6-13-31-14-16/h2-6,13-14H,7-12H2,1H3,(H,24,28). The van der Waals surface area contributed by atoms with Crippen LogP contribution in [-0.2, 0) is 0 Å². The molecule has 1 N–H and O–H groups in total. The van der Waals surface area contributed by atoms with Crippen LogP contribution in [0.5, 0.6) is 0 Å². The Morgan fingerprint density at radius 1 is 1.19 bits per heavy atom. The highest BCUT2D eigenvalue weighted by Crippen LogP contribution is 2.31. The van der Waals surface area contributed by atoms with Gasteiger partial charge in [0.05, 0.1) is 5.02 Å². The van der Waals surface area contributed by atoms with Crippen molar-refractivity contribution in [3.63, 3.8) is 0 Å². The second-order valence-corrected chi connectivity index (χ2v) is 8.53. The number of rotatable bonds is 6. The lowest BCUT2D eigenvalue weighted by atomic mass is 10.0. The van der Waals surface area contributed by atoms with Crippen LogP contribution < -0.4 is 5.32 Å². The fourth-order valence-electron chi connectivity index (χ4n) is 3.62. The Morgan fingerprint density at radius 2 is 1.97 bits per heavy atom. The minimum absolute atomic E-state index is 0.0508. The van der Waals surface area contributed by atoms with Crippen LogP contribution in [0.2, 0.25) is 5.02 Å². The summed E-state index contributed by atoms with van der Waals surface area (Å²) in [6.45, 7) is 5.75. The van der Waals surface area contributed by atoms with Crippen LogP contribution in [0.15, 0.2) is 45.6 Å². The van der Waals surface area contributed by atoms with Crippen LogP contribution >= 0.6 is 22.9 Å². The number of amides is 2. The number of nitrogens with zero attached hydrogens (tertiary/aromatic N) is 3. The molecular weight excluding hydrogens is 436 g/mol. The zero-order valence-electron chi connectivity index (χ0n) is 17.1. The molecule has 9 heteroatoms. The summed E-state index contributed by atoms with van der Waals surface area (Å²) in [5, 5.41) is 11.3. The van der Waals surface area contributed by atoms with Gasteiger partial charge in [0.15, 0.2) is 0 Å². The first-order valence-corrected chi connectivity index (χ1v) is 11.4. The van der Waals surface area contributed by atoms with Crippen LogP contribution in [0.1, 0.15) is 26.5 Å². The molecule has 31 heavy (non-hydrogen) atoms. The number of halogens is 1. The number of piperazine rings is 1. The molecule has 0 aliphatic carbocycles. The van der Waals surface area contributed by atoms with E-state index in [1.807, 2.05) is 39.9 Å². The van der Waals surface area contributed by atoms with E-state index in [4.69, 9.17) is 16.1 Å². The van der Waals surface area contributed by atoms with Gasteiger partial charge in [-0.25, -0.2) is 0 Å². The third kappa shape index (κ3) is 4.81. The van der Waals surface area contributed by atoms with Crippen LogP contribution in [0.3, 0.4) is 0 Å². The van der Waals surface area contributed by atoms with E-state index in [0.717, 1.165) is 19.6 Å². The Morgan fingerprint density at radius 3 is 2.68 bits per heavy atom. The average molecular weight is 459 g/mol. The highest BCUT2D eigenvalue weighted by atomic mass is 35.5. The molecule has 1 fully saturated rings. The number of aromatic nitrogens is 1. The molecular formula is C22H23ClN4O3S. The Bertz CT molecular complexity index is 1060. The van der Waals surface area contributed by atoms with Gasteiger partial charge in [-0.2, -0.15) is 11.3 Å². The SMILES string of the molecule is Cc1onc(-c2ccccc2Cl)c1C(=O)N1CCN(CCNC(=O)c2ccsc2)CC1. The lowest BCUT2D eigenvalue weighted by Crippen LogP contribution is -2.50. The van der Waals surface area contributed by atoms with E-state index >= 15 is 0 Å². The van der Waals surface area contributed by atoms with E-state index < -0.39 is 0 Å². The summed E-state index contributed by atoms with van der Waals surface area (Å²) in [5.41, 5.74) is 2.32. The molecule has 162 valence electrons. The number of nitrogens with one attached hydrogen (secondary N) is 1. The van der Waals surface area contributed by atoms with Gasteiger partial charge in [0.25, 0.3) is 11.8 Å². The van der Waals surface area contributed by atoms with Gasteiger partial charge in [-0.3, -0.25) is 14.5 Å². The Hall–Kier alpha value is -2.68. The maximum atomic E-state index is 13.2. The summed E-state index contributed by atoms with van der Waals surface area (Å²) in [7, 11) is 0. The van der Waals surface area contributed by atoms with Crippen molar-refractivity contribution in [3.8, 4) is 11.3 Å². The predicted octanol–water partition coefficient (Wildman–Crippen LogP) is 3.55. The minimum Gasteiger partial charge on any atom is -0.360 e. The van der Waals surface area contributed by atoms with Crippen molar-refractivity contribution in [2.24, 2.45) is 0 Å². The second-order valence-electron chi connectivity index (χ2n) is 7.34. The van der Waals surface area contributed by atoms with E-state index in [2.05, 4.69) is 15.4 Å². The molecule has 1 aliphatic heterocycles. The van der Waals surface area contributed by atoms with E-state index in [1.54, 1.807) is 13.0 Å². The lowest BCUT2D eigenvalue weighted by molar-refractivity contribution is 0.0637. The molecule has 3 heterocycles. The molecule has 4 rings (SSSR count). The Balaban J connectivity index is 1.33. The van der Waals surface area contributed by atoms with Crippen molar-refractivity contribution in [1.29, 1.82) is 0 Å². The van der Waals surface area contributed by atoms with Crippen LogP contribution in [0, 0.1) is 6.92 Å². The van der Waals surface area contributed by atoms with Gasteiger partial charge in [0.2, 0.25) is 0 Å². The third-order valence-corrected chi connectivity index (χ3v) is 6.37. The smallest absolute Gasteiger partial charge is 0.259 e. The highest BCUT2D eigenvalue weighted by molar-refractivity contribution is 7.08. The summed E-state index contributed by atoms with van der Waals surface area (Å²) in [5.74, 6) is 0.336. The van der Waals surface area contributed by atoms with Gasteiger partial charge in [-0.1, -0.05) is 35.0 Å². The zero-order chi connectivity index (χ0) is 21.8. The molecule has 2 amide bonds. The molecule has 1 saturated heterocycles. The number of thiophene rings is 1. The predicted molar refractivity (Wildman–Crippen MR) is 121 cm³/mol. The second kappa shape index (κ2) is 9.64. The topological polar surface area (TPSA) is 78.7 Å². The monoisotopic (exact) mass is 458 g/mol. The summed E-state index contributed by atoms with van der Waals surface area (Å²) in [4.78, 5) is 29.3. The summed E-state index contributed by atoms with van der Waals surface area (Å²) in [6, 6.07) is 9.11. The fraction of sp³-hybridized carbons (Fsp3) is 0.318. The van der Waals surface area contributed by atoms with Gasteiger partial charge < -0.3 is 14.7 Å². The lowest BCUT2D eigenvalue weighted by Gasteiger charge is -2.34. The summed E-state index contributed by atoms with van der Waals surface area (Å²) < 4.78 is 5.34. The van der Waals surface area contributed by atoms with Crippen molar-refractivity contribution in [3.05, 3.63) is 63.0 Å². The third-order valence-electron chi connectivity index (χ3n) is 5.36. The molecule has 1 aliphatic rings. The van der Waals surface area contributed by atoms with Gasteiger partial charge in [0, 0.05) is 55.8 Å². The number of aryl methyl sites for hydroxylation is 1. The van der Waals surface area contributed by atoms with Crippen LogP contribution in [0.25, 0.3) is 11.3 Å². The molecule has 0 unspecified atom stereocenters. The molecule has 0 spiro atoms. The normalized spacial score (nSPS) is 14.6. The van der Waals surface area contributed by atoms with Crippen molar-refractivity contribution in [2.45, 2.75) is 6.92 Å². The largest absolute Gasteiger partial charge is 0.360 e. The van der Waals surface area contributed by atoms with E-state index in [9.17, 15) is 9.59 Å². The fourth-order valence-corrected chi connectivity index (χ4v) is 4.48. The highest BCUT2D eigenvalue weighted by Gasteiger charge is 2.29.